The number of nitrogens with two attached hydrogens (primary N) is 1. The third-order valence-corrected chi connectivity index (χ3v) is 12.8. The van der Waals surface area contributed by atoms with Crippen LogP contribution < -0.4 is 20.9 Å². The van der Waals surface area contributed by atoms with Crippen LogP contribution in [0.15, 0.2) is 79.0 Å². The van der Waals surface area contributed by atoms with Gasteiger partial charge in [-0.3, -0.25) is 19.8 Å². The molecule has 14 heteroatoms. The van der Waals surface area contributed by atoms with Crippen LogP contribution in [0.1, 0.15) is 72.7 Å². The van der Waals surface area contributed by atoms with E-state index < -0.39 is 0 Å². The largest absolute Gasteiger partial charge is 0.507 e. The normalized spacial score (nSPS) is 21.1. The quantitative estimate of drug-likeness (QED) is 0.162. The van der Waals surface area contributed by atoms with Crippen molar-refractivity contribution >= 4 is 45.9 Å². The van der Waals surface area contributed by atoms with Crippen LogP contribution in [-0.4, -0.2) is 106 Å². The summed E-state index contributed by atoms with van der Waals surface area (Å²) in [6.45, 7) is 10.3. The molecule has 0 spiro atoms. The number of amides is 4. The molecule has 4 aliphatic heterocycles. The Kier molecular flexibility index (Phi) is 10.9. The summed E-state index contributed by atoms with van der Waals surface area (Å²) in [6, 6.07) is 23.1. The minimum atomic E-state index is -0.355. The smallest absolute Gasteiger partial charge is 0.328 e. The number of hydrogen-bond acceptors (Lipinski definition) is 10. The van der Waals surface area contributed by atoms with Gasteiger partial charge in [-0.05, 0) is 105 Å². The molecule has 4 N–H and O–H groups in total. The maximum absolute atomic E-state index is 13.7. The molecule has 3 aromatic carbocycles. The predicted octanol–water partition coefficient (Wildman–Crippen LogP) is 6.30. The van der Waals surface area contributed by atoms with Crippen molar-refractivity contribution in [2.24, 2.45) is 5.92 Å². The van der Waals surface area contributed by atoms with Gasteiger partial charge in [-0.1, -0.05) is 24.3 Å². The molecule has 4 fully saturated rings. The zero-order valence-electron chi connectivity index (χ0n) is 34.3. The fourth-order valence-electron chi connectivity index (χ4n) is 9.60. The van der Waals surface area contributed by atoms with Crippen molar-refractivity contribution in [3.8, 4) is 17.0 Å². The van der Waals surface area contributed by atoms with Crippen molar-refractivity contribution in [1.29, 1.82) is 0 Å². The fourth-order valence-corrected chi connectivity index (χ4v) is 9.60. The minimum absolute atomic E-state index is 0.0689. The number of para-hydroxylation sites is 1. The highest BCUT2D eigenvalue weighted by Gasteiger charge is 2.32. The zero-order valence-corrected chi connectivity index (χ0v) is 34.3. The zero-order chi connectivity index (χ0) is 41.5. The summed E-state index contributed by atoms with van der Waals surface area (Å²) in [4.78, 5) is 46.6. The Labute approximate surface area is 349 Å². The second kappa shape index (κ2) is 16.6. The number of nitrogen functional groups attached to an aromatic ring is 1. The summed E-state index contributed by atoms with van der Waals surface area (Å²) in [6.07, 6.45) is 6.24. The number of aromatic hydroxyl groups is 1. The van der Waals surface area contributed by atoms with Crippen LogP contribution in [0.3, 0.4) is 0 Å². The summed E-state index contributed by atoms with van der Waals surface area (Å²) >= 11 is 0. The van der Waals surface area contributed by atoms with E-state index in [9.17, 15) is 19.5 Å². The number of aryl methyl sites for hydroxylation is 1. The first-order chi connectivity index (χ1) is 29.1. The van der Waals surface area contributed by atoms with E-state index in [1.54, 1.807) is 23.1 Å². The highest BCUT2D eigenvalue weighted by molar-refractivity contribution is 6.10. The van der Waals surface area contributed by atoms with Crippen LogP contribution in [0.2, 0.25) is 0 Å². The van der Waals surface area contributed by atoms with Crippen molar-refractivity contribution in [2.75, 3.05) is 67.9 Å². The van der Waals surface area contributed by atoms with Gasteiger partial charge in [0.2, 0.25) is 5.91 Å². The number of urea groups is 1. The molecule has 0 aliphatic carbocycles. The molecule has 60 heavy (non-hydrogen) atoms. The summed E-state index contributed by atoms with van der Waals surface area (Å²) in [7, 11) is 0. The van der Waals surface area contributed by atoms with E-state index in [1.807, 2.05) is 54.3 Å². The Hall–Kier alpha value is -5.99. The number of benzene rings is 3. The Balaban J connectivity index is 0.770. The molecule has 0 bridgehead atoms. The number of aromatic nitrogens is 3. The van der Waals surface area contributed by atoms with Gasteiger partial charge in [0.05, 0.1) is 28.7 Å². The molecule has 2 aromatic heterocycles. The van der Waals surface area contributed by atoms with Crippen LogP contribution in [0.5, 0.6) is 5.75 Å². The number of imide groups is 1. The van der Waals surface area contributed by atoms with Crippen molar-refractivity contribution in [3.05, 3.63) is 95.7 Å². The molecule has 4 amide bonds. The number of phenolic OH excluding ortho intramolecular Hbond substituents is 1. The van der Waals surface area contributed by atoms with E-state index in [-0.39, 0.29) is 35.8 Å². The monoisotopic (exact) mass is 811 g/mol. The number of carbonyl (C=O) groups excluding carboxylic acids is 3. The van der Waals surface area contributed by atoms with Gasteiger partial charge in [0.15, 0.2) is 5.82 Å². The second-order valence-electron chi connectivity index (χ2n) is 16.9. The first-order valence-electron chi connectivity index (χ1n) is 21.2. The first-order valence-corrected chi connectivity index (χ1v) is 21.2. The fraction of sp³-hybridized carbons (Fsp3) is 0.413. The van der Waals surface area contributed by atoms with Gasteiger partial charge in [-0.15, -0.1) is 10.2 Å². The van der Waals surface area contributed by atoms with Gasteiger partial charge in [-0.25, -0.2) is 4.79 Å². The average Bonchev–Trinajstić information content (AvgIpc) is 3.68. The Morgan fingerprint density at radius 2 is 1.67 bits per heavy atom. The van der Waals surface area contributed by atoms with Crippen molar-refractivity contribution in [2.45, 2.75) is 64.2 Å². The highest BCUT2D eigenvalue weighted by atomic mass is 16.5. The lowest BCUT2D eigenvalue weighted by atomic mass is 9.94. The summed E-state index contributed by atoms with van der Waals surface area (Å²) < 4.78 is 8.77. The number of anilines is 3. The number of fused-ring (bicyclic) bond motifs is 1. The van der Waals surface area contributed by atoms with Gasteiger partial charge in [0.25, 0.3) is 5.91 Å². The number of carbonyl (C=O) groups is 3. The molecule has 6 heterocycles. The molecule has 312 valence electrons. The maximum atomic E-state index is 13.7. The number of phenols is 1. The molecule has 0 radical (unpaired) electrons. The number of nitrogens with zero attached hydrogens (tertiary/aromatic N) is 7. The van der Waals surface area contributed by atoms with E-state index in [0.717, 1.165) is 91.8 Å². The molecule has 4 aliphatic rings. The lowest BCUT2D eigenvalue weighted by Crippen LogP contribution is -2.49. The van der Waals surface area contributed by atoms with Crippen LogP contribution in [0, 0.1) is 12.8 Å². The minimum Gasteiger partial charge on any atom is -0.507 e. The number of ether oxygens (including phenoxy) is 1. The van der Waals surface area contributed by atoms with Crippen molar-refractivity contribution in [1.82, 2.24) is 29.9 Å². The first kappa shape index (κ1) is 39.5. The number of likely N-dealkylation sites (tertiary alicyclic amines) is 2. The van der Waals surface area contributed by atoms with E-state index >= 15 is 0 Å². The summed E-state index contributed by atoms with van der Waals surface area (Å²) in [5.74, 6) is 0.844. The maximum Gasteiger partial charge on any atom is 0.328 e. The van der Waals surface area contributed by atoms with Crippen LogP contribution in [-0.2, 0) is 9.53 Å². The molecule has 0 unspecified atom stereocenters. The van der Waals surface area contributed by atoms with Gasteiger partial charge < -0.3 is 34.8 Å². The van der Waals surface area contributed by atoms with E-state index in [0.29, 0.717) is 60.7 Å². The SMILES string of the molecule is Cc1cc(N2CCC(=O)NC2=O)c2ccn(C3CCN(CC4CCN(C(=O)c5ccc([C@@H]6CN(c7cc(-c8ccccc8O)nnc7N)C[C@H](C)O6)cc5)CC4)CC3)c2c1. The second-order valence-corrected chi connectivity index (χ2v) is 16.9. The van der Waals surface area contributed by atoms with E-state index in [4.69, 9.17) is 10.5 Å². The van der Waals surface area contributed by atoms with Gasteiger partial charge in [-0.2, -0.15) is 0 Å². The third-order valence-electron chi connectivity index (χ3n) is 12.8. The van der Waals surface area contributed by atoms with E-state index in [1.165, 1.54) is 0 Å². The van der Waals surface area contributed by atoms with Gasteiger partial charge in [0.1, 0.15) is 11.9 Å². The standard InChI is InChI=1S/C46H53N9O5/c1-29-23-38-36(39(24-29)55-22-16-43(57)48-46(55)59)15-21-54(38)34-13-17-51(18-14-34)27-31-11-19-52(20-12-31)45(58)33-9-7-32(8-10-33)42-28-53(26-30(2)60-42)40-25-37(49-50-44(40)47)35-5-3-4-6-41(35)56/h3-10,15,21,23-25,30-31,34,42,56H,11-14,16-20,22,26-28H2,1-2H3,(H2,47,50)(H,48,57,59)/t30-,42-/m0/s1. The van der Waals surface area contributed by atoms with Crippen LogP contribution >= 0.6 is 0 Å². The molecular formula is C46H53N9O5. The molecule has 5 aromatic rings. The van der Waals surface area contributed by atoms with E-state index in [2.05, 4.69) is 55.1 Å². The number of hydrogen-bond donors (Lipinski definition) is 3. The molecule has 9 rings (SSSR count). The number of rotatable bonds is 8. The lowest BCUT2D eigenvalue weighted by Gasteiger charge is -2.39. The van der Waals surface area contributed by atoms with Crippen molar-refractivity contribution < 1.29 is 24.2 Å². The average molecular weight is 812 g/mol. The third kappa shape index (κ3) is 8.01. The van der Waals surface area contributed by atoms with Crippen LogP contribution in [0.4, 0.5) is 22.0 Å². The predicted molar refractivity (Wildman–Crippen MR) is 231 cm³/mol. The van der Waals surface area contributed by atoms with Gasteiger partial charge >= 0.3 is 6.03 Å². The highest BCUT2D eigenvalue weighted by Crippen LogP contribution is 2.37. The summed E-state index contributed by atoms with van der Waals surface area (Å²) in [5, 5.41) is 22.4. The van der Waals surface area contributed by atoms with Gasteiger partial charge in [0, 0.05) is 87.5 Å². The number of nitrogens with one attached hydrogen (secondary N) is 1. The van der Waals surface area contributed by atoms with Crippen molar-refractivity contribution in [3.63, 3.8) is 0 Å². The Morgan fingerprint density at radius 3 is 2.42 bits per heavy atom. The Bertz CT molecular complexity index is 2400. The number of morpholine rings is 1. The molecular weight excluding hydrogens is 759 g/mol. The molecule has 4 saturated heterocycles. The topological polar surface area (TPSA) is 162 Å². The lowest BCUT2D eigenvalue weighted by molar-refractivity contribution is -0.120. The summed E-state index contributed by atoms with van der Waals surface area (Å²) in [5.41, 5.74) is 13.0. The Morgan fingerprint density at radius 1 is 0.900 bits per heavy atom. The molecule has 0 saturated carbocycles. The molecule has 2 atom stereocenters. The number of piperidine rings is 2. The molecule has 14 nitrogen and oxygen atoms in total. The van der Waals surface area contributed by atoms with Crippen LogP contribution in [0.25, 0.3) is 22.2 Å².